The molecule has 0 bridgehead atoms. The van der Waals surface area contributed by atoms with Crippen LogP contribution in [-0.4, -0.2) is 61.6 Å². The highest BCUT2D eigenvalue weighted by Crippen LogP contribution is 2.28. The van der Waals surface area contributed by atoms with Gasteiger partial charge in [-0.25, -0.2) is 0 Å². The van der Waals surface area contributed by atoms with Crippen LogP contribution in [0.4, 0.5) is 5.69 Å². The lowest BCUT2D eigenvalue weighted by molar-refractivity contribution is -0.118. The van der Waals surface area contributed by atoms with Crippen molar-refractivity contribution in [2.45, 2.75) is 59.0 Å². The Morgan fingerprint density at radius 1 is 1.28 bits per heavy atom. The maximum absolute atomic E-state index is 12.6. The third-order valence-electron chi connectivity index (χ3n) is 6.04. The zero-order valence-corrected chi connectivity index (χ0v) is 18.4. The number of guanidine groups is 1. The molecule has 1 aromatic carbocycles. The molecule has 0 radical (unpaired) electrons. The molecule has 6 nitrogen and oxygen atoms in total. The highest BCUT2D eigenvalue weighted by atomic mass is 16.2. The van der Waals surface area contributed by atoms with Crippen molar-refractivity contribution in [2.24, 2.45) is 10.9 Å². The van der Waals surface area contributed by atoms with Crippen molar-refractivity contribution in [3.8, 4) is 0 Å². The monoisotopic (exact) mass is 399 g/mol. The number of likely N-dealkylation sites (tertiary alicyclic amines) is 1. The number of benzene rings is 1. The van der Waals surface area contributed by atoms with Crippen molar-refractivity contribution in [3.63, 3.8) is 0 Å². The van der Waals surface area contributed by atoms with Crippen LogP contribution in [0.2, 0.25) is 0 Å². The van der Waals surface area contributed by atoms with E-state index in [0.717, 1.165) is 50.7 Å². The Balaban J connectivity index is 1.48. The second kappa shape index (κ2) is 10.1. The van der Waals surface area contributed by atoms with Gasteiger partial charge in [-0.1, -0.05) is 25.1 Å². The van der Waals surface area contributed by atoms with Gasteiger partial charge in [-0.2, -0.15) is 0 Å². The predicted octanol–water partition coefficient (Wildman–Crippen LogP) is 2.64. The number of nitrogens with one attached hydrogen (secondary N) is 2. The van der Waals surface area contributed by atoms with Gasteiger partial charge in [0.2, 0.25) is 5.91 Å². The Kier molecular flexibility index (Phi) is 7.53. The molecule has 1 aromatic rings. The molecule has 2 unspecified atom stereocenters. The van der Waals surface area contributed by atoms with E-state index in [9.17, 15) is 4.79 Å². The van der Waals surface area contributed by atoms with E-state index in [-0.39, 0.29) is 5.91 Å². The smallest absolute Gasteiger partial charge is 0.227 e. The molecule has 6 heteroatoms. The summed E-state index contributed by atoms with van der Waals surface area (Å²) in [5, 5.41) is 6.97. The number of carbonyl (C=O) groups excluding carboxylic acids is 1. The minimum Gasteiger partial charge on any atom is -0.357 e. The van der Waals surface area contributed by atoms with Gasteiger partial charge in [0, 0.05) is 56.9 Å². The number of amides is 1. The number of aliphatic imine (C=N–C) groups is 1. The van der Waals surface area contributed by atoms with Crippen LogP contribution in [0.5, 0.6) is 0 Å². The average Bonchev–Trinajstić information content (AvgIpc) is 3.29. The van der Waals surface area contributed by atoms with Crippen LogP contribution >= 0.6 is 0 Å². The first-order valence-electron chi connectivity index (χ1n) is 11.2. The van der Waals surface area contributed by atoms with E-state index >= 15 is 0 Å². The minimum absolute atomic E-state index is 0.208. The van der Waals surface area contributed by atoms with Crippen LogP contribution in [0, 0.1) is 5.92 Å². The molecule has 0 aromatic heterocycles. The summed E-state index contributed by atoms with van der Waals surface area (Å²) < 4.78 is 0. The number of hydrogen-bond donors (Lipinski definition) is 2. The maximum Gasteiger partial charge on any atom is 0.227 e. The fraction of sp³-hybridized carbons (Fsp3) is 0.652. The van der Waals surface area contributed by atoms with Gasteiger partial charge in [0.1, 0.15) is 0 Å². The molecule has 2 N–H and O–H groups in total. The van der Waals surface area contributed by atoms with Crippen LogP contribution in [0.15, 0.2) is 29.3 Å². The number of hydrogen-bond acceptors (Lipinski definition) is 3. The number of carbonyl (C=O) groups is 1. The Morgan fingerprint density at radius 3 is 2.79 bits per heavy atom. The highest BCUT2D eigenvalue weighted by molar-refractivity contribution is 5.95. The van der Waals surface area contributed by atoms with Crippen LogP contribution < -0.4 is 15.5 Å². The molecule has 29 heavy (non-hydrogen) atoms. The molecule has 3 rings (SSSR count). The summed E-state index contributed by atoms with van der Waals surface area (Å²) in [6.45, 7) is 13.4. The van der Waals surface area contributed by atoms with Gasteiger partial charge in [-0.05, 0) is 51.2 Å². The Hall–Kier alpha value is -2.08. The van der Waals surface area contributed by atoms with E-state index in [4.69, 9.17) is 4.99 Å². The van der Waals surface area contributed by atoms with Gasteiger partial charge in [0.05, 0.1) is 0 Å². The molecule has 0 aliphatic carbocycles. The van der Waals surface area contributed by atoms with Gasteiger partial charge < -0.3 is 15.5 Å². The molecule has 2 aliphatic rings. The maximum atomic E-state index is 12.6. The summed E-state index contributed by atoms with van der Waals surface area (Å²) in [6, 6.07) is 9.21. The first kappa shape index (κ1) is 21.6. The highest BCUT2D eigenvalue weighted by Gasteiger charge is 2.31. The molecule has 2 atom stereocenters. The zero-order valence-electron chi connectivity index (χ0n) is 18.4. The standard InChI is InChI=1S/C23H37N5O/c1-5-24-23(26-20-16-27(17(2)3)15-18(20)4)25-13-8-11-22(29)28-14-12-19-9-6-7-10-21(19)28/h6-7,9-10,17-18,20H,5,8,11-16H2,1-4H3,(H2,24,25,26). The zero-order chi connectivity index (χ0) is 20.8. The van der Waals surface area contributed by atoms with Crippen LogP contribution in [0.1, 0.15) is 46.1 Å². The van der Waals surface area contributed by atoms with E-state index in [0.29, 0.717) is 31.0 Å². The van der Waals surface area contributed by atoms with Crippen molar-refractivity contribution in [2.75, 3.05) is 37.6 Å². The van der Waals surface area contributed by atoms with Crippen LogP contribution in [0.3, 0.4) is 0 Å². The average molecular weight is 400 g/mol. The van der Waals surface area contributed by atoms with E-state index in [1.54, 1.807) is 0 Å². The molecule has 1 amide bonds. The Morgan fingerprint density at radius 2 is 2.07 bits per heavy atom. The number of fused-ring (bicyclic) bond motifs is 1. The van der Waals surface area contributed by atoms with E-state index in [1.807, 2.05) is 17.0 Å². The van der Waals surface area contributed by atoms with Gasteiger partial charge >= 0.3 is 0 Å². The second-order valence-corrected chi connectivity index (χ2v) is 8.56. The van der Waals surface area contributed by atoms with Crippen molar-refractivity contribution in [3.05, 3.63) is 29.8 Å². The fourth-order valence-corrected chi connectivity index (χ4v) is 4.26. The van der Waals surface area contributed by atoms with Gasteiger partial charge in [-0.3, -0.25) is 14.7 Å². The van der Waals surface area contributed by atoms with Gasteiger partial charge in [-0.15, -0.1) is 0 Å². The predicted molar refractivity (Wildman–Crippen MR) is 121 cm³/mol. The molecular weight excluding hydrogens is 362 g/mol. The first-order valence-corrected chi connectivity index (χ1v) is 11.2. The second-order valence-electron chi connectivity index (χ2n) is 8.56. The number of nitrogens with zero attached hydrogens (tertiary/aromatic N) is 3. The lowest BCUT2D eigenvalue weighted by Gasteiger charge is -2.22. The van der Waals surface area contributed by atoms with Crippen molar-refractivity contribution in [1.29, 1.82) is 0 Å². The molecule has 0 spiro atoms. The molecule has 0 saturated carbocycles. The van der Waals surface area contributed by atoms with E-state index < -0.39 is 0 Å². The SMILES string of the molecule is CCNC(=NCCCC(=O)N1CCc2ccccc21)NC1CN(C(C)C)CC1C. The van der Waals surface area contributed by atoms with Crippen molar-refractivity contribution in [1.82, 2.24) is 15.5 Å². The fourth-order valence-electron chi connectivity index (χ4n) is 4.26. The summed E-state index contributed by atoms with van der Waals surface area (Å²) in [6.07, 6.45) is 2.27. The van der Waals surface area contributed by atoms with E-state index in [1.165, 1.54) is 5.56 Å². The number of rotatable bonds is 7. The summed E-state index contributed by atoms with van der Waals surface area (Å²) in [5.41, 5.74) is 2.36. The van der Waals surface area contributed by atoms with Crippen molar-refractivity contribution < 1.29 is 4.79 Å². The van der Waals surface area contributed by atoms with Crippen LogP contribution in [0.25, 0.3) is 0 Å². The lowest BCUT2D eigenvalue weighted by atomic mass is 10.1. The summed E-state index contributed by atoms with van der Waals surface area (Å²) >= 11 is 0. The third-order valence-corrected chi connectivity index (χ3v) is 6.04. The Labute approximate surface area is 175 Å². The Bertz CT molecular complexity index is 717. The minimum atomic E-state index is 0.208. The molecule has 2 aliphatic heterocycles. The molecule has 160 valence electrons. The quantitative estimate of drug-likeness (QED) is 0.420. The van der Waals surface area contributed by atoms with Gasteiger partial charge in [0.15, 0.2) is 5.96 Å². The number of anilines is 1. The third kappa shape index (κ3) is 5.50. The van der Waals surface area contributed by atoms with Crippen molar-refractivity contribution >= 4 is 17.6 Å². The first-order chi connectivity index (χ1) is 14.0. The molecule has 2 heterocycles. The normalized spacial score (nSPS) is 22.2. The summed E-state index contributed by atoms with van der Waals surface area (Å²) in [7, 11) is 0. The largest absolute Gasteiger partial charge is 0.357 e. The number of para-hydroxylation sites is 1. The molecule has 1 fully saturated rings. The van der Waals surface area contributed by atoms with Gasteiger partial charge in [0.25, 0.3) is 0 Å². The lowest BCUT2D eigenvalue weighted by Crippen LogP contribution is -2.46. The summed E-state index contributed by atoms with van der Waals surface area (Å²) in [4.78, 5) is 21.8. The molecular formula is C23H37N5O. The summed E-state index contributed by atoms with van der Waals surface area (Å²) in [5.74, 6) is 1.67. The topological polar surface area (TPSA) is 60.0 Å². The van der Waals surface area contributed by atoms with E-state index in [2.05, 4.69) is 55.4 Å². The van der Waals surface area contributed by atoms with Crippen LogP contribution in [-0.2, 0) is 11.2 Å². The molecule has 1 saturated heterocycles.